The summed E-state index contributed by atoms with van der Waals surface area (Å²) >= 11 is 11.0. The maximum atomic E-state index is 13.3. The number of carbonyl (C=O) groups excluding carboxylic acids is 1. The van der Waals surface area contributed by atoms with Crippen molar-refractivity contribution in [3.63, 3.8) is 0 Å². The smallest absolute Gasteiger partial charge is 0.228 e. The van der Waals surface area contributed by atoms with E-state index in [9.17, 15) is 4.79 Å². The fourth-order valence-corrected chi connectivity index (χ4v) is 6.15. The molecule has 0 spiro atoms. The number of hydrogen-bond acceptors (Lipinski definition) is 7. The molecule has 1 amide bonds. The highest BCUT2D eigenvalue weighted by Crippen LogP contribution is 2.32. The van der Waals surface area contributed by atoms with Crippen molar-refractivity contribution in [2.45, 2.75) is 22.6 Å². The molecular weight excluding hydrogens is 494 g/mol. The molecule has 2 aromatic carbocycles. The Balaban J connectivity index is 1.41. The average molecular weight is 522 g/mol. The second-order valence-corrected chi connectivity index (χ2v) is 11.2. The Morgan fingerprint density at radius 3 is 2.70 bits per heavy atom. The van der Waals surface area contributed by atoms with Crippen LogP contribution in [0.5, 0.6) is 0 Å². The fraction of sp³-hybridized carbons (Fsp3) is 0.417. The van der Waals surface area contributed by atoms with Crippen molar-refractivity contribution in [1.82, 2.24) is 9.88 Å². The number of thioether (sulfide) groups is 2. The van der Waals surface area contributed by atoms with Crippen LogP contribution in [-0.4, -0.2) is 67.2 Å². The lowest BCUT2D eigenvalue weighted by atomic mass is 10.3. The zero-order valence-electron chi connectivity index (χ0n) is 18.7. The first-order valence-electron chi connectivity index (χ1n) is 11.1. The third-order valence-electron chi connectivity index (χ3n) is 5.48. The minimum atomic E-state index is 0.143. The zero-order valence-corrected chi connectivity index (χ0v) is 21.9. The topological polar surface area (TPSA) is 45.7 Å². The van der Waals surface area contributed by atoms with E-state index in [2.05, 4.69) is 29.4 Å². The van der Waals surface area contributed by atoms with Gasteiger partial charge in [-0.1, -0.05) is 22.9 Å². The van der Waals surface area contributed by atoms with Crippen LogP contribution in [0, 0.1) is 0 Å². The first kappa shape index (κ1) is 24.8. The minimum Gasteiger partial charge on any atom is -0.379 e. The largest absolute Gasteiger partial charge is 0.379 e. The van der Waals surface area contributed by atoms with E-state index in [0.29, 0.717) is 13.0 Å². The lowest BCUT2D eigenvalue weighted by Gasteiger charge is -2.29. The number of halogens is 1. The summed E-state index contributed by atoms with van der Waals surface area (Å²) in [5.41, 5.74) is 0.954. The van der Waals surface area contributed by atoms with Gasteiger partial charge in [-0.25, -0.2) is 4.98 Å². The van der Waals surface area contributed by atoms with Crippen LogP contribution >= 0.6 is 46.5 Å². The minimum absolute atomic E-state index is 0.143. The molecule has 0 radical (unpaired) electrons. The normalized spacial score (nSPS) is 14.6. The predicted molar refractivity (Wildman–Crippen MR) is 142 cm³/mol. The average Bonchev–Trinajstić information content (AvgIpc) is 3.26. The maximum absolute atomic E-state index is 13.3. The highest BCUT2D eigenvalue weighted by Gasteiger charge is 2.21. The van der Waals surface area contributed by atoms with Gasteiger partial charge in [-0.2, -0.15) is 0 Å². The van der Waals surface area contributed by atoms with Crippen molar-refractivity contribution < 1.29 is 9.53 Å². The number of amides is 1. The van der Waals surface area contributed by atoms with Crippen LogP contribution in [0.25, 0.3) is 10.2 Å². The number of rotatable bonds is 10. The second kappa shape index (κ2) is 12.4. The molecule has 1 fully saturated rings. The molecule has 0 saturated carbocycles. The molecule has 0 N–H and O–H groups in total. The second-order valence-electron chi connectivity index (χ2n) is 7.74. The highest BCUT2D eigenvalue weighted by atomic mass is 35.5. The van der Waals surface area contributed by atoms with E-state index in [1.807, 2.05) is 29.2 Å². The van der Waals surface area contributed by atoms with Crippen molar-refractivity contribution >= 4 is 67.7 Å². The molecule has 1 aliphatic heterocycles. The standard InChI is InChI=1S/C24H28ClN3O2S3/c1-31-20-8-9-21-22(17-20)33-24(26-21)28(11-10-27-12-14-30-15-13-27)23(29)3-2-16-32-19-6-4-18(25)5-7-19/h4-9,17H,2-3,10-16H2,1H3. The highest BCUT2D eigenvalue weighted by molar-refractivity contribution is 7.99. The number of ether oxygens (including phenoxy) is 1. The number of anilines is 1. The van der Waals surface area contributed by atoms with Crippen LogP contribution in [0.3, 0.4) is 0 Å². The van der Waals surface area contributed by atoms with Crippen LogP contribution in [0.15, 0.2) is 52.3 Å². The summed E-state index contributed by atoms with van der Waals surface area (Å²) in [6.45, 7) is 4.83. The van der Waals surface area contributed by atoms with Gasteiger partial charge in [0.25, 0.3) is 0 Å². The summed E-state index contributed by atoms with van der Waals surface area (Å²) in [6, 6.07) is 14.1. The molecule has 33 heavy (non-hydrogen) atoms. The van der Waals surface area contributed by atoms with Gasteiger partial charge in [0.15, 0.2) is 5.13 Å². The predicted octanol–water partition coefficient (Wildman–Crippen LogP) is 5.91. The van der Waals surface area contributed by atoms with Gasteiger partial charge in [0.1, 0.15) is 0 Å². The van der Waals surface area contributed by atoms with E-state index in [1.165, 1.54) is 9.79 Å². The van der Waals surface area contributed by atoms with Crippen LogP contribution in [-0.2, 0) is 9.53 Å². The molecular formula is C24H28ClN3O2S3. The number of morpholine rings is 1. The summed E-state index contributed by atoms with van der Waals surface area (Å²) in [5.74, 6) is 1.03. The van der Waals surface area contributed by atoms with Gasteiger partial charge in [0, 0.05) is 47.4 Å². The quantitative estimate of drug-likeness (QED) is 0.244. The Kier molecular flexibility index (Phi) is 9.35. The molecule has 1 aliphatic rings. The van der Waals surface area contributed by atoms with Gasteiger partial charge in [-0.3, -0.25) is 14.6 Å². The molecule has 5 nitrogen and oxygen atoms in total. The summed E-state index contributed by atoms with van der Waals surface area (Å²) < 4.78 is 6.59. The molecule has 1 aromatic heterocycles. The van der Waals surface area contributed by atoms with Crippen molar-refractivity contribution in [2.75, 3.05) is 56.3 Å². The van der Waals surface area contributed by atoms with Crippen LogP contribution < -0.4 is 4.90 Å². The Bertz CT molecular complexity index is 1050. The zero-order chi connectivity index (χ0) is 23.0. The molecule has 0 atom stereocenters. The van der Waals surface area contributed by atoms with Gasteiger partial charge in [0.05, 0.1) is 23.4 Å². The van der Waals surface area contributed by atoms with Crippen LogP contribution in [0.4, 0.5) is 5.13 Å². The van der Waals surface area contributed by atoms with E-state index in [1.54, 1.807) is 34.9 Å². The molecule has 2 heterocycles. The van der Waals surface area contributed by atoms with Gasteiger partial charge < -0.3 is 4.74 Å². The molecule has 0 aliphatic carbocycles. The van der Waals surface area contributed by atoms with Crippen LogP contribution in [0.2, 0.25) is 5.02 Å². The van der Waals surface area contributed by atoms with Gasteiger partial charge in [0.2, 0.25) is 5.91 Å². The van der Waals surface area contributed by atoms with E-state index in [0.717, 1.165) is 65.4 Å². The molecule has 1 saturated heterocycles. The van der Waals surface area contributed by atoms with Crippen molar-refractivity contribution in [1.29, 1.82) is 0 Å². The van der Waals surface area contributed by atoms with Crippen LogP contribution in [0.1, 0.15) is 12.8 Å². The number of carbonyl (C=O) groups is 1. The molecule has 0 bridgehead atoms. The van der Waals surface area contributed by atoms with E-state index in [4.69, 9.17) is 21.3 Å². The number of benzene rings is 2. The summed E-state index contributed by atoms with van der Waals surface area (Å²) in [7, 11) is 0. The molecule has 9 heteroatoms. The molecule has 4 rings (SSSR count). The van der Waals surface area contributed by atoms with Gasteiger partial charge >= 0.3 is 0 Å². The number of fused-ring (bicyclic) bond motifs is 1. The molecule has 0 unspecified atom stereocenters. The summed E-state index contributed by atoms with van der Waals surface area (Å²) in [6.07, 6.45) is 3.40. The third-order valence-corrected chi connectivity index (χ3v) is 8.59. The van der Waals surface area contributed by atoms with E-state index in [-0.39, 0.29) is 5.91 Å². The SMILES string of the molecule is CSc1ccc2nc(N(CCN3CCOCC3)C(=O)CCCSc3ccc(Cl)cc3)sc2c1. The number of aromatic nitrogens is 1. The Morgan fingerprint density at radius 1 is 1.18 bits per heavy atom. The van der Waals surface area contributed by atoms with E-state index < -0.39 is 0 Å². The number of nitrogens with zero attached hydrogens (tertiary/aromatic N) is 3. The molecule has 176 valence electrons. The summed E-state index contributed by atoms with van der Waals surface area (Å²) in [4.78, 5) is 24.7. The number of thiazole rings is 1. The van der Waals surface area contributed by atoms with Gasteiger partial charge in [-0.05, 0) is 60.9 Å². The Morgan fingerprint density at radius 2 is 1.94 bits per heavy atom. The first-order valence-corrected chi connectivity index (χ1v) is 14.5. The van der Waals surface area contributed by atoms with E-state index >= 15 is 0 Å². The van der Waals surface area contributed by atoms with Crippen molar-refractivity contribution in [3.8, 4) is 0 Å². The summed E-state index contributed by atoms with van der Waals surface area (Å²) in [5, 5.41) is 1.54. The van der Waals surface area contributed by atoms with Crippen molar-refractivity contribution in [3.05, 3.63) is 47.5 Å². The lowest BCUT2D eigenvalue weighted by molar-refractivity contribution is -0.118. The number of hydrogen-bond donors (Lipinski definition) is 0. The monoisotopic (exact) mass is 521 g/mol. The Labute approximate surface area is 212 Å². The fourth-order valence-electron chi connectivity index (χ4n) is 3.61. The van der Waals surface area contributed by atoms with Crippen molar-refractivity contribution in [2.24, 2.45) is 0 Å². The third kappa shape index (κ3) is 7.10. The maximum Gasteiger partial charge on any atom is 0.228 e. The lowest BCUT2D eigenvalue weighted by Crippen LogP contribution is -2.43. The Hall–Kier alpha value is -1.29. The molecule has 3 aromatic rings. The van der Waals surface area contributed by atoms with Gasteiger partial charge in [-0.15, -0.1) is 23.5 Å². The first-order chi connectivity index (χ1) is 16.1.